The first kappa shape index (κ1) is 21.4. The Kier molecular flexibility index (Phi) is 7.43. The summed E-state index contributed by atoms with van der Waals surface area (Å²) < 4.78 is 5.25. The highest BCUT2D eigenvalue weighted by atomic mass is 16.5. The largest absolute Gasteiger partial charge is 0.445 e. The molecular formula is C23H27N3O4. The molecular weight excluding hydrogens is 382 g/mol. The van der Waals surface area contributed by atoms with Crippen molar-refractivity contribution < 1.29 is 19.1 Å². The smallest absolute Gasteiger partial charge is 0.408 e. The lowest BCUT2D eigenvalue weighted by molar-refractivity contribution is -0.128. The molecule has 3 amide bonds. The quantitative estimate of drug-likeness (QED) is 0.559. The van der Waals surface area contributed by atoms with Crippen molar-refractivity contribution in [3.63, 3.8) is 0 Å². The van der Waals surface area contributed by atoms with Crippen molar-refractivity contribution in [3.05, 3.63) is 71.8 Å². The van der Waals surface area contributed by atoms with Gasteiger partial charge in [0.1, 0.15) is 18.7 Å². The molecule has 0 unspecified atom stereocenters. The Hall–Kier alpha value is -3.35. The first-order chi connectivity index (χ1) is 14.5. The molecule has 2 aromatic carbocycles. The van der Waals surface area contributed by atoms with Crippen molar-refractivity contribution in [2.75, 3.05) is 0 Å². The maximum atomic E-state index is 12.9. The Morgan fingerprint density at radius 2 is 1.50 bits per heavy atom. The van der Waals surface area contributed by atoms with Gasteiger partial charge < -0.3 is 21.1 Å². The van der Waals surface area contributed by atoms with Crippen molar-refractivity contribution in [3.8, 4) is 0 Å². The maximum Gasteiger partial charge on any atom is 0.408 e. The van der Waals surface area contributed by atoms with Gasteiger partial charge in [-0.25, -0.2) is 4.79 Å². The van der Waals surface area contributed by atoms with Crippen molar-refractivity contribution in [1.29, 1.82) is 0 Å². The molecule has 0 heterocycles. The summed E-state index contributed by atoms with van der Waals surface area (Å²) in [6, 6.07) is 17.0. The summed E-state index contributed by atoms with van der Waals surface area (Å²) in [6.07, 6.45) is 2.17. The molecule has 0 spiro atoms. The van der Waals surface area contributed by atoms with Gasteiger partial charge in [-0.2, -0.15) is 0 Å². The Morgan fingerprint density at radius 3 is 2.07 bits per heavy atom. The number of nitrogens with one attached hydrogen (secondary N) is 2. The van der Waals surface area contributed by atoms with E-state index in [9.17, 15) is 14.4 Å². The second-order valence-electron chi connectivity index (χ2n) is 7.59. The van der Waals surface area contributed by atoms with Crippen LogP contribution in [0.3, 0.4) is 0 Å². The fourth-order valence-corrected chi connectivity index (χ4v) is 3.17. The number of carbonyl (C=O) groups is 3. The molecule has 7 heteroatoms. The van der Waals surface area contributed by atoms with Crippen LogP contribution in [0.1, 0.15) is 30.4 Å². The minimum absolute atomic E-state index is 0.0952. The molecule has 0 radical (unpaired) electrons. The number of nitrogens with two attached hydrogens (primary N) is 1. The molecule has 4 N–H and O–H groups in total. The summed E-state index contributed by atoms with van der Waals surface area (Å²) in [6.45, 7) is 0.0952. The van der Waals surface area contributed by atoms with Gasteiger partial charge in [-0.05, 0) is 23.5 Å². The van der Waals surface area contributed by atoms with E-state index in [1.807, 2.05) is 60.7 Å². The van der Waals surface area contributed by atoms with E-state index >= 15 is 0 Å². The standard InChI is InChI=1S/C23H27N3O4/c24-21(27)19(13-17-11-12-17)25-22(28)20(14-16-7-3-1-4-8-16)26-23(29)30-15-18-9-5-2-6-10-18/h1-10,17,19-20H,11-15H2,(H2,24,27)(H,25,28)(H,26,29)/t19-,20+/m0/s1. The van der Waals surface area contributed by atoms with E-state index in [1.165, 1.54) is 0 Å². The van der Waals surface area contributed by atoms with Gasteiger partial charge in [0, 0.05) is 6.42 Å². The zero-order valence-electron chi connectivity index (χ0n) is 16.8. The monoisotopic (exact) mass is 409 g/mol. The highest BCUT2D eigenvalue weighted by molar-refractivity contribution is 5.90. The van der Waals surface area contributed by atoms with E-state index in [-0.39, 0.29) is 13.0 Å². The van der Waals surface area contributed by atoms with Crippen LogP contribution in [0.2, 0.25) is 0 Å². The van der Waals surface area contributed by atoms with Gasteiger partial charge >= 0.3 is 6.09 Å². The highest BCUT2D eigenvalue weighted by Gasteiger charge is 2.31. The van der Waals surface area contributed by atoms with Crippen LogP contribution >= 0.6 is 0 Å². The third kappa shape index (κ3) is 6.92. The second kappa shape index (κ2) is 10.4. The van der Waals surface area contributed by atoms with Crippen LogP contribution < -0.4 is 16.4 Å². The molecule has 158 valence electrons. The zero-order valence-corrected chi connectivity index (χ0v) is 16.8. The van der Waals surface area contributed by atoms with Crippen LogP contribution in [0.5, 0.6) is 0 Å². The number of amides is 3. The van der Waals surface area contributed by atoms with E-state index in [0.717, 1.165) is 24.0 Å². The molecule has 7 nitrogen and oxygen atoms in total. The fraction of sp³-hybridized carbons (Fsp3) is 0.348. The minimum atomic E-state index is -0.892. The fourth-order valence-electron chi connectivity index (χ4n) is 3.17. The number of ether oxygens (including phenoxy) is 1. The van der Waals surface area contributed by atoms with Crippen LogP contribution in [-0.2, 0) is 27.4 Å². The molecule has 30 heavy (non-hydrogen) atoms. The Labute approximate surface area is 176 Å². The van der Waals surface area contributed by atoms with Gasteiger partial charge in [-0.15, -0.1) is 0 Å². The van der Waals surface area contributed by atoms with Gasteiger partial charge in [-0.1, -0.05) is 73.5 Å². The first-order valence-electron chi connectivity index (χ1n) is 10.1. The van der Waals surface area contributed by atoms with Crippen LogP contribution in [0.25, 0.3) is 0 Å². The van der Waals surface area contributed by atoms with E-state index in [0.29, 0.717) is 12.3 Å². The average molecular weight is 409 g/mol. The Morgan fingerprint density at radius 1 is 0.900 bits per heavy atom. The van der Waals surface area contributed by atoms with Crippen molar-refractivity contribution in [2.24, 2.45) is 11.7 Å². The topological polar surface area (TPSA) is 111 Å². The highest BCUT2D eigenvalue weighted by Crippen LogP contribution is 2.33. The molecule has 1 aliphatic rings. The lowest BCUT2D eigenvalue weighted by Crippen LogP contribution is -2.53. The zero-order chi connectivity index (χ0) is 21.3. The Balaban J connectivity index is 1.63. The SMILES string of the molecule is NC(=O)[C@H](CC1CC1)NC(=O)[C@@H](Cc1ccccc1)NC(=O)OCc1ccccc1. The van der Waals surface area contributed by atoms with Crippen molar-refractivity contribution >= 4 is 17.9 Å². The summed E-state index contributed by atoms with van der Waals surface area (Å²) >= 11 is 0. The molecule has 2 atom stereocenters. The summed E-state index contributed by atoms with van der Waals surface area (Å²) in [5, 5.41) is 5.33. The summed E-state index contributed by atoms with van der Waals surface area (Å²) in [4.78, 5) is 37.0. The van der Waals surface area contributed by atoms with E-state index < -0.39 is 30.0 Å². The van der Waals surface area contributed by atoms with E-state index in [2.05, 4.69) is 10.6 Å². The number of hydrogen-bond acceptors (Lipinski definition) is 4. The van der Waals surface area contributed by atoms with Gasteiger partial charge in [0.2, 0.25) is 11.8 Å². The number of carbonyl (C=O) groups excluding carboxylic acids is 3. The molecule has 0 aromatic heterocycles. The molecule has 0 saturated heterocycles. The average Bonchev–Trinajstić information content (AvgIpc) is 3.57. The third-order valence-electron chi connectivity index (χ3n) is 5.03. The van der Waals surface area contributed by atoms with E-state index in [4.69, 9.17) is 10.5 Å². The molecule has 1 fully saturated rings. The minimum Gasteiger partial charge on any atom is -0.445 e. The predicted octanol–water partition coefficient (Wildman–Crippen LogP) is 2.29. The summed E-state index contributed by atoms with van der Waals surface area (Å²) in [7, 11) is 0. The third-order valence-corrected chi connectivity index (χ3v) is 5.03. The van der Waals surface area contributed by atoms with Crippen LogP contribution in [0, 0.1) is 5.92 Å². The number of hydrogen-bond donors (Lipinski definition) is 3. The molecule has 1 saturated carbocycles. The van der Waals surface area contributed by atoms with Gasteiger partial charge in [0.05, 0.1) is 0 Å². The normalized spacial score (nSPS) is 14.9. The van der Waals surface area contributed by atoms with Crippen LogP contribution in [0.4, 0.5) is 4.79 Å². The molecule has 2 aromatic rings. The van der Waals surface area contributed by atoms with Gasteiger partial charge in [0.25, 0.3) is 0 Å². The Bertz CT molecular complexity index is 853. The number of benzene rings is 2. The lowest BCUT2D eigenvalue weighted by atomic mass is 10.0. The van der Waals surface area contributed by atoms with Crippen molar-refractivity contribution in [2.45, 2.75) is 44.4 Å². The van der Waals surface area contributed by atoms with E-state index in [1.54, 1.807) is 0 Å². The molecule has 1 aliphatic carbocycles. The van der Waals surface area contributed by atoms with Crippen LogP contribution in [0.15, 0.2) is 60.7 Å². The first-order valence-corrected chi connectivity index (χ1v) is 10.1. The lowest BCUT2D eigenvalue weighted by Gasteiger charge is -2.22. The van der Waals surface area contributed by atoms with Crippen LogP contribution in [-0.4, -0.2) is 30.0 Å². The second-order valence-corrected chi connectivity index (χ2v) is 7.59. The summed E-state index contributed by atoms with van der Waals surface area (Å²) in [5.41, 5.74) is 7.18. The summed E-state index contributed by atoms with van der Waals surface area (Å²) in [5.74, 6) is -0.612. The number of primary amides is 1. The van der Waals surface area contributed by atoms with Gasteiger partial charge in [-0.3, -0.25) is 9.59 Å². The molecule has 0 aliphatic heterocycles. The molecule has 3 rings (SSSR count). The van der Waals surface area contributed by atoms with Gasteiger partial charge in [0.15, 0.2) is 0 Å². The maximum absolute atomic E-state index is 12.9. The van der Waals surface area contributed by atoms with Crippen molar-refractivity contribution in [1.82, 2.24) is 10.6 Å². The predicted molar refractivity (Wildman–Crippen MR) is 112 cm³/mol. The number of alkyl carbamates (subject to hydrolysis) is 1. The molecule has 0 bridgehead atoms. The number of rotatable bonds is 10.